The molecular weight excluding hydrogens is 446 g/mol. The molecule has 5 aromatic rings. The van der Waals surface area contributed by atoms with Crippen molar-refractivity contribution in [3.63, 3.8) is 0 Å². The van der Waals surface area contributed by atoms with Crippen LogP contribution < -0.4 is 4.90 Å². The molecule has 4 atom stereocenters. The lowest BCUT2D eigenvalue weighted by molar-refractivity contribution is -0.122. The van der Waals surface area contributed by atoms with Gasteiger partial charge >= 0.3 is 0 Å². The fourth-order valence-electron chi connectivity index (χ4n) is 6.04. The number of benzene rings is 4. The van der Waals surface area contributed by atoms with Crippen LogP contribution in [-0.4, -0.2) is 11.8 Å². The SMILES string of the molecule is O=C1[C@@H]2[C@@H](C(=O)N1c1ccc3c(c1)oc1ccccc13)[C@@H](c1ccccc1)C=C[C@@H]2c1ccccc1. The number of carbonyl (C=O) groups excluding carboxylic acids is 2. The van der Waals surface area contributed by atoms with E-state index in [0.717, 1.165) is 27.5 Å². The van der Waals surface area contributed by atoms with E-state index >= 15 is 0 Å². The number of nitrogens with zero attached hydrogens (tertiary/aromatic N) is 1. The highest BCUT2D eigenvalue weighted by atomic mass is 16.3. The van der Waals surface area contributed by atoms with Crippen molar-refractivity contribution in [2.75, 3.05) is 4.90 Å². The highest BCUT2D eigenvalue weighted by molar-refractivity contribution is 6.23. The molecule has 0 saturated carbocycles. The normalized spacial score (nSPS) is 23.5. The van der Waals surface area contributed by atoms with Crippen LogP contribution in [0.5, 0.6) is 0 Å². The molecule has 4 aromatic carbocycles. The molecule has 36 heavy (non-hydrogen) atoms. The lowest BCUT2D eigenvalue weighted by Gasteiger charge is -2.32. The largest absolute Gasteiger partial charge is 0.456 e. The van der Waals surface area contributed by atoms with Gasteiger partial charge in [-0.3, -0.25) is 9.59 Å². The Bertz CT molecular complexity index is 1580. The third-order valence-corrected chi connectivity index (χ3v) is 7.69. The molecule has 0 spiro atoms. The van der Waals surface area contributed by atoms with Gasteiger partial charge in [0.15, 0.2) is 0 Å². The summed E-state index contributed by atoms with van der Waals surface area (Å²) in [4.78, 5) is 29.5. The topological polar surface area (TPSA) is 50.5 Å². The Morgan fingerprint density at radius 3 is 1.69 bits per heavy atom. The molecule has 1 fully saturated rings. The van der Waals surface area contributed by atoms with Crippen LogP contribution in [0.1, 0.15) is 23.0 Å². The first-order valence-electron chi connectivity index (χ1n) is 12.3. The van der Waals surface area contributed by atoms with Crippen molar-refractivity contribution in [3.05, 3.63) is 126 Å². The van der Waals surface area contributed by atoms with Crippen LogP contribution in [0.3, 0.4) is 0 Å². The van der Waals surface area contributed by atoms with E-state index in [-0.39, 0.29) is 23.7 Å². The minimum Gasteiger partial charge on any atom is -0.456 e. The van der Waals surface area contributed by atoms with E-state index in [0.29, 0.717) is 11.3 Å². The molecule has 0 N–H and O–H groups in total. The van der Waals surface area contributed by atoms with E-state index in [4.69, 9.17) is 4.42 Å². The maximum absolute atomic E-state index is 14.1. The third-order valence-electron chi connectivity index (χ3n) is 7.69. The lowest BCUT2D eigenvalue weighted by atomic mass is 9.68. The molecule has 1 aromatic heterocycles. The first-order chi connectivity index (χ1) is 17.7. The highest BCUT2D eigenvalue weighted by Crippen LogP contribution is 2.50. The average molecular weight is 470 g/mol. The summed E-state index contributed by atoms with van der Waals surface area (Å²) < 4.78 is 6.06. The summed E-state index contributed by atoms with van der Waals surface area (Å²) >= 11 is 0. The quantitative estimate of drug-likeness (QED) is 0.215. The zero-order valence-corrected chi connectivity index (χ0v) is 19.5. The minimum atomic E-state index is -0.471. The Balaban J connectivity index is 1.36. The van der Waals surface area contributed by atoms with Crippen LogP contribution in [-0.2, 0) is 9.59 Å². The van der Waals surface area contributed by atoms with Gasteiger partial charge in [0.1, 0.15) is 11.2 Å². The molecular formula is C32H23NO3. The van der Waals surface area contributed by atoms with E-state index in [1.165, 1.54) is 4.90 Å². The number of hydrogen-bond acceptors (Lipinski definition) is 3. The van der Waals surface area contributed by atoms with Crippen molar-refractivity contribution in [1.82, 2.24) is 0 Å². The van der Waals surface area contributed by atoms with Crippen molar-refractivity contribution in [2.24, 2.45) is 11.8 Å². The summed E-state index contributed by atoms with van der Waals surface area (Å²) in [5, 5.41) is 1.99. The second-order valence-electron chi connectivity index (χ2n) is 9.60. The van der Waals surface area contributed by atoms with Crippen LogP contribution in [0.4, 0.5) is 5.69 Å². The lowest BCUT2D eigenvalue weighted by Crippen LogP contribution is -2.31. The van der Waals surface area contributed by atoms with Gasteiger partial charge < -0.3 is 4.42 Å². The van der Waals surface area contributed by atoms with Gasteiger partial charge in [-0.25, -0.2) is 4.90 Å². The van der Waals surface area contributed by atoms with Gasteiger partial charge in [-0.15, -0.1) is 0 Å². The summed E-state index contributed by atoms with van der Waals surface area (Å²) in [5.41, 5.74) is 4.11. The number of hydrogen-bond donors (Lipinski definition) is 0. The predicted octanol–water partition coefficient (Wildman–Crippen LogP) is 6.83. The summed E-state index contributed by atoms with van der Waals surface area (Å²) in [5.74, 6) is -1.57. The highest BCUT2D eigenvalue weighted by Gasteiger charge is 2.55. The molecule has 4 heteroatoms. The number of imide groups is 1. The first kappa shape index (κ1) is 20.9. The number of allylic oxidation sites excluding steroid dienone is 2. The second kappa shape index (κ2) is 8.06. The van der Waals surface area contributed by atoms with Gasteiger partial charge in [0.2, 0.25) is 11.8 Å². The van der Waals surface area contributed by atoms with Crippen molar-refractivity contribution in [2.45, 2.75) is 11.8 Å². The smallest absolute Gasteiger partial charge is 0.238 e. The maximum Gasteiger partial charge on any atom is 0.238 e. The molecule has 1 saturated heterocycles. The van der Waals surface area contributed by atoms with Gasteiger partial charge in [-0.1, -0.05) is 91.0 Å². The average Bonchev–Trinajstić information content (AvgIpc) is 3.43. The molecule has 0 unspecified atom stereocenters. The van der Waals surface area contributed by atoms with Crippen molar-refractivity contribution < 1.29 is 14.0 Å². The van der Waals surface area contributed by atoms with E-state index in [9.17, 15) is 9.59 Å². The Labute approximate surface area is 208 Å². The zero-order chi connectivity index (χ0) is 24.2. The zero-order valence-electron chi connectivity index (χ0n) is 19.5. The van der Waals surface area contributed by atoms with Crippen LogP contribution in [0.2, 0.25) is 0 Å². The summed E-state index contributed by atoms with van der Waals surface area (Å²) in [6, 6.07) is 33.5. The summed E-state index contributed by atoms with van der Waals surface area (Å²) in [6.07, 6.45) is 4.23. The molecule has 1 aliphatic heterocycles. The second-order valence-corrected chi connectivity index (χ2v) is 9.60. The van der Waals surface area contributed by atoms with E-state index < -0.39 is 11.8 Å². The Kier molecular flexibility index (Phi) is 4.68. The number of carbonyl (C=O) groups is 2. The van der Waals surface area contributed by atoms with Crippen LogP contribution in [0.15, 0.2) is 120 Å². The number of fused-ring (bicyclic) bond motifs is 4. The Morgan fingerprint density at radius 2 is 1.08 bits per heavy atom. The van der Waals surface area contributed by atoms with E-state index in [1.807, 2.05) is 103 Å². The van der Waals surface area contributed by atoms with Crippen molar-refractivity contribution in [1.29, 1.82) is 0 Å². The molecule has 2 aliphatic rings. The van der Waals surface area contributed by atoms with Crippen LogP contribution in [0.25, 0.3) is 21.9 Å². The van der Waals surface area contributed by atoms with Crippen molar-refractivity contribution >= 4 is 39.4 Å². The van der Waals surface area contributed by atoms with Crippen LogP contribution in [0, 0.1) is 11.8 Å². The minimum absolute atomic E-state index is 0.153. The third kappa shape index (κ3) is 3.07. The molecule has 2 heterocycles. The van der Waals surface area contributed by atoms with E-state index in [1.54, 1.807) is 0 Å². The van der Waals surface area contributed by atoms with Gasteiger partial charge in [-0.05, 0) is 29.3 Å². The van der Waals surface area contributed by atoms with Gasteiger partial charge in [0, 0.05) is 28.7 Å². The van der Waals surface area contributed by atoms with Gasteiger partial charge in [0.05, 0.1) is 17.5 Å². The molecule has 7 rings (SSSR count). The Hall–Kier alpha value is -4.44. The maximum atomic E-state index is 14.1. The molecule has 2 amide bonds. The van der Waals surface area contributed by atoms with E-state index in [2.05, 4.69) is 12.2 Å². The molecule has 0 bridgehead atoms. The van der Waals surface area contributed by atoms with Gasteiger partial charge in [0.25, 0.3) is 0 Å². The summed E-state index contributed by atoms with van der Waals surface area (Å²) in [7, 11) is 0. The fraction of sp³-hybridized carbons (Fsp3) is 0.125. The molecule has 1 aliphatic carbocycles. The first-order valence-corrected chi connectivity index (χ1v) is 12.3. The predicted molar refractivity (Wildman–Crippen MR) is 141 cm³/mol. The Morgan fingerprint density at radius 1 is 0.556 bits per heavy atom. The number of rotatable bonds is 3. The molecule has 4 nitrogen and oxygen atoms in total. The number of amides is 2. The standard InChI is InChI=1S/C32H23NO3/c34-31-29-23(20-9-3-1-4-10-20)17-18-24(21-11-5-2-6-12-21)30(29)32(35)33(31)22-15-16-26-25-13-7-8-14-27(25)36-28(26)19-22/h1-19,23-24,29-30H/t23-,24-,29+,30+/m1/s1. The summed E-state index contributed by atoms with van der Waals surface area (Å²) in [6.45, 7) is 0. The monoisotopic (exact) mass is 469 g/mol. The number of anilines is 1. The number of furan rings is 1. The van der Waals surface area contributed by atoms with Gasteiger partial charge in [-0.2, -0.15) is 0 Å². The number of para-hydroxylation sites is 1. The molecule has 174 valence electrons. The van der Waals surface area contributed by atoms with Crippen LogP contribution >= 0.6 is 0 Å². The fourth-order valence-corrected chi connectivity index (χ4v) is 6.04. The van der Waals surface area contributed by atoms with Crippen molar-refractivity contribution in [3.8, 4) is 0 Å². The molecule has 0 radical (unpaired) electrons.